The van der Waals surface area contributed by atoms with Crippen molar-refractivity contribution in [3.8, 4) is 0 Å². The molecule has 0 radical (unpaired) electrons. The maximum Gasteiger partial charge on any atom is 0.252 e. The molecule has 1 aromatic heterocycles. The van der Waals surface area contributed by atoms with Gasteiger partial charge in [-0.2, -0.15) is 4.99 Å². The van der Waals surface area contributed by atoms with Crippen molar-refractivity contribution in [1.29, 1.82) is 0 Å². The molecular formula is C17H14ClFN2OS. The van der Waals surface area contributed by atoms with Crippen LogP contribution in [0.25, 0.3) is 10.2 Å². The molecule has 0 spiro atoms. The van der Waals surface area contributed by atoms with E-state index in [4.69, 9.17) is 11.6 Å². The maximum atomic E-state index is 13.4. The second kappa shape index (κ2) is 6.64. The number of hydrogen-bond acceptors (Lipinski definition) is 2. The SMILES string of the molecule is CCn1c(=NC(=O)Cc2ccc(Cl)cc2)sc2cc(F)ccc21. The number of fused-ring (bicyclic) bond motifs is 1. The summed E-state index contributed by atoms with van der Waals surface area (Å²) in [5, 5.41) is 0.633. The largest absolute Gasteiger partial charge is 0.317 e. The summed E-state index contributed by atoms with van der Waals surface area (Å²) in [6, 6.07) is 11.7. The Morgan fingerprint density at radius 1 is 1.26 bits per heavy atom. The number of rotatable bonds is 3. The quantitative estimate of drug-likeness (QED) is 0.699. The molecule has 0 aliphatic rings. The molecule has 3 rings (SSSR count). The van der Waals surface area contributed by atoms with Gasteiger partial charge in [0.05, 0.1) is 16.6 Å². The van der Waals surface area contributed by atoms with E-state index in [1.807, 2.05) is 23.6 Å². The van der Waals surface area contributed by atoms with Crippen molar-refractivity contribution in [2.75, 3.05) is 0 Å². The zero-order chi connectivity index (χ0) is 16.4. The lowest BCUT2D eigenvalue weighted by Gasteiger charge is -2.00. The molecule has 0 unspecified atom stereocenters. The Kier molecular flexibility index (Phi) is 4.59. The fraction of sp³-hybridized carbons (Fsp3) is 0.176. The zero-order valence-corrected chi connectivity index (χ0v) is 14.0. The van der Waals surface area contributed by atoms with Crippen molar-refractivity contribution in [3.63, 3.8) is 0 Å². The summed E-state index contributed by atoms with van der Waals surface area (Å²) in [4.78, 5) is 17.0. The number of benzene rings is 2. The number of carbonyl (C=O) groups is 1. The second-order valence-electron chi connectivity index (χ2n) is 5.05. The molecule has 3 aromatic rings. The number of amides is 1. The summed E-state index contributed by atoms with van der Waals surface area (Å²) in [6.45, 7) is 2.64. The number of nitrogens with zero attached hydrogens (tertiary/aromatic N) is 2. The van der Waals surface area contributed by atoms with E-state index in [0.717, 1.165) is 15.8 Å². The average Bonchev–Trinajstić information content (AvgIpc) is 2.85. The molecule has 118 valence electrons. The minimum Gasteiger partial charge on any atom is -0.317 e. The topological polar surface area (TPSA) is 34.4 Å². The molecule has 0 bridgehead atoms. The number of hydrogen-bond donors (Lipinski definition) is 0. The Labute approximate surface area is 141 Å². The molecule has 0 fully saturated rings. The van der Waals surface area contributed by atoms with Crippen LogP contribution in [0.5, 0.6) is 0 Å². The average molecular weight is 349 g/mol. The lowest BCUT2D eigenvalue weighted by Crippen LogP contribution is -2.16. The van der Waals surface area contributed by atoms with Crippen LogP contribution >= 0.6 is 22.9 Å². The fourth-order valence-corrected chi connectivity index (χ4v) is 3.62. The predicted molar refractivity (Wildman–Crippen MR) is 91.2 cm³/mol. The van der Waals surface area contributed by atoms with Gasteiger partial charge in [-0.05, 0) is 42.8 Å². The van der Waals surface area contributed by atoms with E-state index in [1.165, 1.54) is 23.5 Å². The maximum absolute atomic E-state index is 13.4. The first-order valence-electron chi connectivity index (χ1n) is 7.17. The first kappa shape index (κ1) is 15.9. The van der Waals surface area contributed by atoms with E-state index in [1.54, 1.807) is 18.2 Å². The van der Waals surface area contributed by atoms with Crippen LogP contribution in [-0.4, -0.2) is 10.5 Å². The summed E-state index contributed by atoms with van der Waals surface area (Å²) >= 11 is 7.15. The molecule has 0 aliphatic carbocycles. The van der Waals surface area contributed by atoms with Gasteiger partial charge in [0.25, 0.3) is 5.91 Å². The number of halogens is 2. The normalized spacial score (nSPS) is 12.0. The van der Waals surface area contributed by atoms with Gasteiger partial charge in [-0.1, -0.05) is 35.1 Å². The standard InChI is InChI=1S/C17H14ClFN2OS/c1-2-21-14-8-7-13(19)10-15(14)23-17(21)20-16(22)9-11-3-5-12(18)6-4-11/h3-8,10H,2,9H2,1H3. The van der Waals surface area contributed by atoms with Crippen molar-refractivity contribution < 1.29 is 9.18 Å². The lowest BCUT2D eigenvalue weighted by molar-refractivity contribution is -0.117. The van der Waals surface area contributed by atoms with Crippen LogP contribution in [0.15, 0.2) is 47.5 Å². The molecule has 0 saturated carbocycles. The molecule has 0 saturated heterocycles. The Bertz CT molecular complexity index is 928. The van der Waals surface area contributed by atoms with Crippen molar-refractivity contribution in [2.45, 2.75) is 19.9 Å². The lowest BCUT2D eigenvalue weighted by atomic mass is 10.1. The van der Waals surface area contributed by atoms with Gasteiger partial charge in [-0.3, -0.25) is 4.79 Å². The Morgan fingerprint density at radius 2 is 2.00 bits per heavy atom. The van der Waals surface area contributed by atoms with E-state index in [-0.39, 0.29) is 18.1 Å². The van der Waals surface area contributed by atoms with Crippen molar-refractivity contribution in [2.24, 2.45) is 4.99 Å². The third kappa shape index (κ3) is 3.51. The molecule has 0 N–H and O–H groups in total. The van der Waals surface area contributed by atoms with Crippen molar-refractivity contribution in [3.05, 3.63) is 63.7 Å². The van der Waals surface area contributed by atoms with Gasteiger partial charge >= 0.3 is 0 Å². The van der Waals surface area contributed by atoms with Gasteiger partial charge in [0.2, 0.25) is 0 Å². The number of thiazole rings is 1. The van der Waals surface area contributed by atoms with E-state index in [0.29, 0.717) is 16.4 Å². The van der Waals surface area contributed by atoms with Crippen LogP contribution in [-0.2, 0) is 17.8 Å². The minimum absolute atomic E-state index is 0.212. The van der Waals surface area contributed by atoms with Crippen LogP contribution in [0, 0.1) is 5.82 Å². The van der Waals surface area contributed by atoms with E-state index >= 15 is 0 Å². The monoisotopic (exact) mass is 348 g/mol. The molecule has 6 heteroatoms. The Hall–Kier alpha value is -1.98. The molecular weight excluding hydrogens is 335 g/mol. The summed E-state index contributed by atoms with van der Waals surface area (Å²) < 4.78 is 16.1. The van der Waals surface area contributed by atoms with Crippen LogP contribution in [0.3, 0.4) is 0 Å². The van der Waals surface area contributed by atoms with Crippen LogP contribution < -0.4 is 4.80 Å². The molecule has 2 aromatic carbocycles. The predicted octanol–water partition coefficient (Wildman–Crippen LogP) is 4.19. The van der Waals surface area contributed by atoms with Crippen LogP contribution in [0.4, 0.5) is 4.39 Å². The molecule has 1 amide bonds. The fourth-order valence-electron chi connectivity index (χ4n) is 2.36. The van der Waals surface area contributed by atoms with E-state index in [2.05, 4.69) is 4.99 Å². The van der Waals surface area contributed by atoms with Gasteiger partial charge in [0, 0.05) is 11.6 Å². The summed E-state index contributed by atoms with van der Waals surface area (Å²) in [7, 11) is 0. The van der Waals surface area contributed by atoms with Gasteiger partial charge in [-0.25, -0.2) is 4.39 Å². The highest BCUT2D eigenvalue weighted by Crippen LogP contribution is 2.18. The van der Waals surface area contributed by atoms with E-state index < -0.39 is 0 Å². The number of aromatic nitrogens is 1. The van der Waals surface area contributed by atoms with Gasteiger partial charge in [0.1, 0.15) is 5.82 Å². The van der Waals surface area contributed by atoms with Gasteiger partial charge < -0.3 is 4.57 Å². The van der Waals surface area contributed by atoms with Gasteiger partial charge in [0.15, 0.2) is 4.80 Å². The highest BCUT2D eigenvalue weighted by atomic mass is 35.5. The highest BCUT2D eigenvalue weighted by Gasteiger charge is 2.08. The third-order valence-corrected chi connectivity index (χ3v) is 4.74. The molecule has 23 heavy (non-hydrogen) atoms. The molecule has 1 heterocycles. The molecule has 3 nitrogen and oxygen atoms in total. The van der Waals surface area contributed by atoms with Crippen LogP contribution in [0.1, 0.15) is 12.5 Å². The highest BCUT2D eigenvalue weighted by molar-refractivity contribution is 7.16. The smallest absolute Gasteiger partial charge is 0.252 e. The van der Waals surface area contributed by atoms with Crippen LogP contribution in [0.2, 0.25) is 5.02 Å². The number of aryl methyl sites for hydroxylation is 1. The van der Waals surface area contributed by atoms with Gasteiger partial charge in [-0.15, -0.1) is 0 Å². The summed E-state index contributed by atoms with van der Waals surface area (Å²) in [6.07, 6.45) is 0.212. The molecule has 0 atom stereocenters. The van der Waals surface area contributed by atoms with E-state index in [9.17, 15) is 9.18 Å². The minimum atomic E-state index is -0.291. The third-order valence-electron chi connectivity index (χ3n) is 3.45. The Balaban J connectivity index is 1.96. The second-order valence-corrected chi connectivity index (χ2v) is 6.50. The van der Waals surface area contributed by atoms with Crippen molar-refractivity contribution in [1.82, 2.24) is 4.57 Å². The Morgan fingerprint density at radius 3 is 2.70 bits per heavy atom. The van der Waals surface area contributed by atoms with Crippen molar-refractivity contribution >= 4 is 39.1 Å². The molecule has 0 aliphatic heterocycles. The first-order valence-corrected chi connectivity index (χ1v) is 8.37. The summed E-state index contributed by atoms with van der Waals surface area (Å²) in [5.41, 5.74) is 1.75. The summed E-state index contributed by atoms with van der Waals surface area (Å²) in [5.74, 6) is -0.525. The zero-order valence-electron chi connectivity index (χ0n) is 12.4. The number of carbonyl (C=O) groups excluding carboxylic acids is 1. The first-order chi connectivity index (χ1) is 11.1.